The second-order valence-electron chi connectivity index (χ2n) is 15.4. The fraction of sp³-hybridized carbons (Fsp3) is 0.909. The molecule has 0 saturated heterocycles. The van der Waals surface area contributed by atoms with Crippen LogP contribution in [-0.2, 0) is 32.7 Å². The van der Waals surface area contributed by atoms with Gasteiger partial charge in [0.15, 0.2) is 6.10 Å². The molecule has 0 fully saturated rings. The molecule has 3 atom stereocenters. The molecule has 0 saturated carbocycles. The molecule has 0 aliphatic carbocycles. The average Bonchev–Trinajstić information content (AvgIpc) is 3.17. The van der Waals surface area contributed by atoms with E-state index in [4.69, 9.17) is 23.6 Å². The molecule has 10 nitrogen and oxygen atoms in total. The Morgan fingerprint density at radius 2 is 0.891 bits per heavy atom. The summed E-state index contributed by atoms with van der Waals surface area (Å²) in [5.41, 5.74) is 0. The number of hydrogen-bond donors (Lipinski definition) is 3. The highest BCUT2D eigenvalue weighted by molar-refractivity contribution is 7.47. The summed E-state index contributed by atoms with van der Waals surface area (Å²) in [5, 5.41) is 18.3. The first-order valence-electron chi connectivity index (χ1n) is 22.6. The predicted molar refractivity (Wildman–Crippen MR) is 224 cm³/mol. The molecule has 0 rings (SSSR count). The van der Waals surface area contributed by atoms with Gasteiger partial charge in [0.1, 0.15) is 12.7 Å². The summed E-state index contributed by atoms with van der Waals surface area (Å²) in [7, 11) is -4.61. The van der Waals surface area contributed by atoms with Gasteiger partial charge in [0, 0.05) is 12.8 Å². The maximum Gasteiger partial charge on any atom is 0.472 e. The van der Waals surface area contributed by atoms with Gasteiger partial charge in [-0.2, -0.15) is 0 Å². The number of rotatable bonds is 43. The number of unbranched alkanes of at least 4 members (excludes halogenated alkanes) is 27. The molecule has 0 aromatic heterocycles. The summed E-state index contributed by atoms with van der Waals surface area (Å²) in [6.45, 7) is 2.39. The van der Waals surface area contributed by atoms with Crippen LogP contribution in [0.1, 0.15) is 219 Å². The van der Waals surface area contributed by atoms with Crippen molar-refractivity contribution < 1.29 is 47.8 Å². The number of hydrogen-bond acceptors (Lipinski definition) is 9. The molecule has 0 heterocycles. The summed E-state index contributed by atoms with van der Waals surface area (Å²) in [5.74, 6) is -0.932. The Hall–Kier alpha value is -1.29. The van der Waals surface area contributed by atoms with Crippen LogP contribution in [-0.4, -0.2) is 65.7 Å². The quantitative estimate of drug-likeness (QED) is 0.0235. The van der Waals surface area contributed by atoms with Gasteiger partial charge in [0.2, 0.25) is 0 Å². The van der Waals surface area contributed by atoms with Crippen LogP contribution in [0.4, 0.5) is 0 Å². The highest BCUT2D eigenvalue weighted by atomic mass is 31.2. The normalized spacial score (nSPS) is 13.9. The lowest BCUT2D eigenvalue weighted by Gasteiger charge is -2.20. The fourth-order valence-electron chi connectivity index (χ4n) is 6.40. The standard InChI is InChI=1S/C44H85O10P/c1-3-5-7-9-11-13-15-17-18-19-20-21-22-24-26-28-30-32-34-36-44(48)54-42(40-53-55(49,50)52-38-41(46)37-45)39-51-43(47)35-33-31-29-27-25-23-16-14-12-10-8-6-4-2/h23,25,41-42,45-46H,3-22,24,26-40H2,1-2H3,(H,49,50)/b25-23+/t41-,42+/m0/s1. The van der Waals surface area contributed by atoms with Crippen LogP contribution in [0.2, 0.25) is 0 Å². The lowest BCUT2D eigenvalue weighted by atomic mass is 10.0. The van der Waals surface area contributed by atoms with Crippen LogP contribution in [0.3, 0.4) is 0 Å². The van der Waals surface area contributed by atoms with E-state index in [1.165, 1.54) is 135 Å². The summed E-state index contributed by atoms with van der Waals surface area (Å²) in [6, 6.07) is 0. The lowest BCUT2D eigenvalue weighted by Crippen LogP contribution is -2.29. The number of aliphatic hydroxyl groups excluding tert-OH is 2. The maximum atomic E-state index is 12.6. The minimum Gasteiger partial charge on any atom is -0.462 e. The minimum absolute atomic E-state index is 0.187. The van der Waals surface area contributed by atoms with Gasteiger partial charge in [-0.15, -0.1) is 0 Å². The van der Waals surface area contributed by atoms with Crippen molar-refractivity contribution in [2.24, 2.45) is 0 Å². The van der Waals surface area contributed by atoms with Gasteiger partial charge < -0.3 is 24.6 Å². The number of carbonyl (C=O) groups excluding carboxylic acids is 2. The molecule has 326 valence electrons. The molecule has 1 unspecified atom stereocenters. The molecule has 0 aromatic rings. The molecule has 0 aromatic carbocycles. The van der Waals surface area contributed by atoms with Crippen molar-refractivity contribution in [1.82, 2.24) is 0 Å². The van der Waals surface area contributed by atoms with Crippen molar-refractivity contribution in [3.8, 4) is 0 Å². The molecule has 0 spiro atoms. The zero-order valence-corrected chi connectivity index (χ0v) is 36.3. The summed E-state index contributed by atoms with van der Waals surface area (Å²) in [4.78, 5) is 35.0. The first kappa shape index (κ1) is 53.7. The average molecular weight is 805 g/mol. The van der Waals surface area contributed by atoms with E-state index in [0.717, 1.165) is 44.9 Å². The summed E-state index contributed by atoms with van der Waals surface area (Å²) >= 11 is 0. The van der Waals surface area contributed by atoms with E-state index in [9.17, 15) is 24.2 Å². The molecule has 3 N–H and O–H groups in total. The third-order valence-corrected chi connectivity index (χ3v) is 10.9. The zero-order valence-electron chi connectivity index (χ0n) is 35.4. The Morgan fingerprint density at radius 1 is 0.527 bits per heavy atom. The monoisotopic (exact) mass is 805 g/mol. The van der Waals surface area contributed by atoms with E-state index in [0.29, 0.717) is 12.8 Å². The molecule has 0 amide bonds. The second-order valence-corrected chi connectivity index (χ2v) is 16.9. The predicted octanol–water partition coefficient (Wildman–Crippen LogP) is 12.0. The Bertz CT molecular complexity index is 930. The van der Waals surface area contributed by atoms with Crippen molar-refractivity contribution in [2.45, 2.75) is 232 Å². The minimum atomic E-state index is -4.61. The van der Waals surface area contributed by atoms with Crippen LogP contribution >= 0.6 is 7.82 Å². The summed E-state index contributed by atoms with van der Waals surface area (Å²) < 4.78 is 32.7. The van der Waals surface area contributed by atoms with Crippen molar-refractivity contribution in [2.75, 3.05) is 26.4 Å². The number of ether oxygens (including phenoxy) is 2. The number of allylic oxidation sites excluding steroid dienone is 2. The van der Waals surface area contributed by atoms with Gasteiger partial charge in [-0.25, -0.2) is 4.57 Å². The number of carbonyl (C=O) groups is 2. The first-order chi connectivity index (χ1) is 26.7. The molecule has 0 aliphatic rings. The molecule has 11 heteroatoms. The highest BCUT2D eigenvalue weighted by Gasteiger charge is 2.27. The third-order valence-electron chi connectivity index (χ3n) is 9.92. The maximum absolute atomic E-state index is 12.6. The molecule has 0 radical (unpaired) electrons. The lowest BCUT2D eigenvalue weighted by molar-refractivity contribution is -0.161. The van der Waals surface area contributed by atoms with Gasteiger partial charge >= 0.3 is 19.8 Å². The number of aliphatic hydroxyl groups is 2. The second kappa shape index (κ2) is 40.9. The van der Waals surface area contributed by atoms with Gasteiger partial charge in [-0.1, -0.05) is 180 Å². The van der Waals surface area contributed by atoms with Crippen LogP contribution in [0.5, 0.6) is 0 Å². The van der Waals surface area contributed by atoms with Crippen LogP contribution in [0, 0.1) is 0 Å². The van der Waals surface area contributed by atoms with Crippen molar-refractivity contribution in [1.29, 1.82) is 0 Å². The fourth-order valence-corrected chi connectivity index (χ4v) is 7.19. The Labute approximate surface area is 336 Å². The number of phosphoric acid groups is 1. The molecule has 0 bridgehead atoms. The molecule has 0 aliphatic heterocycles. The first-order valence-corrected chi connectivity index (χ1v) is 24.1. The van der Waals surface area contributed by atoms with Crippen LogP contribution < -0.4 is 0 Å². The van der Waals surface area contributed by atoms with Gasteiger partial charge in [0.25, 0.3) is 0 Å². The number of phosphoric ester groups is 1. The largest absolute Gasteiger partial charge is 0.472 e. The van der Waals surface area contributed by atoms with E-state index in [2.05, 4.69) is 26.0 Å². The molecule has 55 heavy (non-hydrogen) atoms. The van der Waals surface area contributed by atoms with Crippen LogP contribution in [0.25, 0.3) is 0 Å². The van der Waals surface area contributed by atoms with Gasteiger partial charge in [0.05, 0.1) is 19.8 Å². The highest BCUT2D eigenvalue weighted by Crippen LogP contribution is 2.43. The number of esters is 2. The third kappa shape index (κ3) is 40.7. The van der Waals surface area contributed by atoms with Crippen molar-refractivity contribution in [3.05, 3.63) is 12.2 Å². The van der Waals surface area contributed by atoms with Crippen LogP contribution in [0.15, 0.2) is 12.2 Å². The Morgan fingerprint density at radius 3 is 1.33 bits per heavy atom. The van der Waals surface area contributed by atoms with Crippen molar-refractivity contribution in [3.63, 3.8) is 0 Å². The van der Waals surface area contributed by atoms with Gasteiger partial charge in [-0.3, -0.25) is 18.6 Å². The van der Waals surface area contributed by atoms with E-state index in [1.807, 2.05) is 0 Å². The molecular weight excluding hydrogens is 719 g/mol. The van der Waals surface area contributed by atoms with E-state index in [-0.39, 0.29) is 19.4 Å². The van der Waals surface area contributed by atoms with E-state index < -0.39 is 51.8 Å². The van der Waals surface area contributed by atoms with E-state index in [1.54, 1.807) is 0 Å². The SMILES string of the molecule is CCCCCCCC/C=C/CCCCCC(=O)OC[C@H](COP(=O)(O)OC[C@@H](O)CO)OC(=O)CCCCCCCCCCCCCCCCCCCCC. The van der Waals surface area contributed by atoms with E-state index >= 15 is 0 Å². The zero-order chi connectivity index (χ0) is 40.5. The topological polar surface area (TPSA) is 149 Å². The summed E-state index contributed by atoms with van der Waals surface area (Å²) in [6.07, 6.45) is 38.9. The Kier molecular flexibility index (Phi) is 39.9. The van der Waals surface area contributed by atoms with Crippen molar-refractivity contribution >= 4 is 19.8 Å². The Balaban J connectivity index is 4.23. The smallest absolute Gasteiger partial charge is 0.462 e. The van der Waals surface area contributed by atoms with Gasteiger partial charge in [-0.05, 0) is 38.5 Å². The molecular formula is C44H85O10P.